The van der Waals surface area contributed by atoms with Crippen LogP contribution in [0.5, 0.6) is 0 Å². The van der Waals surface area contributed by atoms with E-state index in [1.807, 2.05) is 12.1 Å². The first-order valence-electron chi connectivity index (χ1n) is 6.43. The van der Waals surface area contributed by atoms with Crippen LogP contribution in [0.3, 0.4) is 0 Å². The van der Waals surface area contributed by atoms with Crippen molar-refractivity contribution >= 4 is 31.9 Å². The van der Waals surface area contributed by atoms with Gasteiger partial charge < -0.3 is 5.11 Å². The van der Waals surface area contributed by atoms with Crippen LogP contribution in [0, 0.1) is 5.92 Å². The minimum absolute atomic E-state index is 0.357. The molecule has 0 heterocycles. The van der Waals surface area contributed by atoms with Gasteiger partial charge in [-0.25, -0.2) is 0 Å². The normalized spacial score (nSPS) is 19.1. The summed E-state index contributed by atoms with van der Waals surface area (Å²) in [6, 6.07) is 12.4. The van der Waals surface area contributed by atoms with Gasteiger partial charge in [-0.1, -0.05) is 44.0 Å². The standard InChI is InChI=1S/C16H12Br2O/c17-10-3-5-12-13-6-4-11(18)8-15(13)16(19,9-1-2-9)14(12)7-10/h3-9,19H,1-2H2. The van der Waals surface area contributed by atoms with E-state index in [0.29, 0.717) is 5.92 Å². The summed E-state index contributed by atoms with van der Waals surface area (Å²) >= 11 is 7.05. The first kappa shape index (κ1) is 12.1. The van der Waals surface area contributed by atoms with Crippen LogP contribution in [0.1, 0.15) is 24.0 Å². The fourth-order valence-corrected chi connectivity index (χ4v) is 3.94. The Bertz CT molecular complexity index is 638. The Labute approximate surface area is 128 Å². The van der Waals surface area contributed by atoms with Crippen LogP contribution in [0.2, 0.25) is 0 Å². The molecule has 0 saturated heterocycles. The molecule has 2 aliphatic carbocycles. The molecule has 0 radical (unpaired) electrons. The zero-order valence-corrected chi connectivity index (χ0v) is 13.3. The number of hydrogen-bond donors (Lipinski definition) is 1. The summed E-state index contributed by atoms with van der Waals surface area (Å²) in [6.07, 6.45) is 2.21. The number of aliphatic hydroxyl groups is 1. The van der Waals surface area contributed by atoms with E-state index >= 15 is 0 Å². The Hall–Kier alpha value is -0.640. The quantitative estimate of drug-likeness (QED) is 0.751. The minimum Gasteiger partial charge on any atom is -0.380 e. The monoisotopic (exact) mass is 378 g/mol. The molecule has 2 aromatic carbocycles. The molecular formula is C16H12Br2O. The lowest BCUT2D eigenvalue weighted by atomic mass is 9.87. The maximum absolute atomic E-state index is 11.3. The second kappa shape index (κ2) is 3.94. The summed E-state index contributed by atoms with van der Waals surface area (Å²) in [7, 11) is 0. The van der Waals surface area contributed by atoms with Crippen molar-refractivity contribution in [2.24, 2.45) is 5.92 Å². The second-order valence-corrected chi connectivity index (χ2v) is 7.25. The SMILES string of the molecule is OC1(C2CC2)c2cc(Br)ccc2-c2ccc(Br)cc21. The highest BCUT2D eigenvalue weighted by Gasteiger charge is 2.51. The Kier molecular flexibility index (Phi) is 2.51. The summed E-state index contributed by atoms with van der Waals surface area (Å²) < 4.78 is 2.05. The summed E-state index contributed by atoms with van der Waals surface area (Å²) in [5.41, 5.74) is 3.63. The lowest BCUT2D eigenvalue weighted by Gasteiger charge is -2.26. The van der Waals surface area contributed by atoms with Crippen molar-refractivity contribution in [1.82, 2.24) is 0 Å². The average Bonchev–Trinajstić information content (AvgIpc) is 3.20. The van der Waals surface area contributed by atoms with Gasteiger partial charge in [-0.2, -0.15) is 0 Å². The third kappa shape index (κ3) is 1.61. The second-order valence-electron chi connectivity index (χ2n) is 5.42. The highest BCUT2D eigenvalue weighted by atomic mass is 79.9. The lowest BCUT2D eigenvalue weighted by molar-refractivity contribution is 0.0611. The maximum Gasteiger partial charge on any atom is 0.119 e. The number of rotatable bonds is 1. The zero-order valence-electron chi connectivity index (χ0n) is 10.2. The number of benzene rings is 2. The van der Waals surface area contributed by atoms with E-state index in [9.17, 15) is 5.11 Å². The Balaban J connectivity index is 2.07. The Morgan fingerprint density at radius 3 is 1.79 bits per heavy atom. The molecular weight excluding hydrogens is 368 g/mol. The molecule has 3 heteroatoms. The lowest BCUT2D eigenvalue weighted by Crippen LogP contribution is -2.27. The molecule has 1 saturated carbocycles. The van der Waals surface area contributed by atoms with Gasteiger partial charge >= 0.3 is 0 Å². The van der Waals surface area contributed by atoms with Gasteiger partial charge in [0.05, 0.1) is 0 Å². The molecule has 2 aliphatic rings. The summed E-state index contributed by atoms with van der Waals surface area (Å²) in [5, 5.41) is 11.3. The fourth-order valence-electron chi connectivity index (χ4n) is 3.22. The molecule has 4 rings (SSSR count). The van der Waals surface area contributed by atoms with Gasteiger partial charge in [0.1, 0.15) is 5.60 Å². The molecule has 0 bridgehead atoms. The molecule has 2 aromatic rings. The van der Waals surface area contributed by atoms with Gasteiger partial charge in [-0.15, -0.1) is 0 Å². The number of fused-ring (bicyclic) bond motifs is 3. The molecule has 96 valence electrons. The van der Waals surface area contributed by atoms with Crippen LogP contribution in [0.15, 0.2) is 45.3 Å². The third-order valence-electron chi connectivity index (χ3n) is 4.24. The van der Waals surface area contributed by atoms with Crippen molar-refractivity contribution in [3.05, 3.63) is 56.5 Å². The Morgan fingerprint density at radius 1 is 0.895 bits per heavy atom. The van der Waals surface area contributed by atoms with E-state index < -0.39 is 5.60 Å². The Morgan fingerprint density at radius 2 is 1.37 bits per heavy atom. The smallest absolute Gasteiger partial charge is 0.119 e. The molecule has 0 amide bonds. The molecule has 1 fully saturated rings. The van der Waals surface area contributed by atoms with Gasteiger partial charge in [0.2, 0.25) is 0 Å². The third-order valence-corrected chi connectivity index (χ3v) is 5.23. The van der Waals surface area contributed by atoms with Crippen molar-refractivity contribution in [1.29, 1.82) is 0 Å². The van der Waals surface area contributed by atoms with Crippen molar-refractivity contribution in [3.63, 3.8) is 0 Å². The van der Waals surface area contributed by atoms with Gasteiger partial charge in [0.25, 0.3) is 0 Å². The molecule has 0 spiro atoms. The summed E-state index contributed by atoms with van der Waals surface area (Å²) in [6.45, 7) is 0. The van der Waals surface area contributed by atoms with E-state index in [1.54, 1.807) is 0 Å². The highest BCUT2D eigenvalue weighted by Crippen LogP contribution is 2.58. The van der Waals surface area contributed by atoms with Crippen molar-refractivity contribution in [3.8, 4) is 11.1 Å². The van der Waals surface area contributed by atoms with Gasteiger partial charge in [0.15, 0.2) is 0 Å². The fraction of sp³-hybridized carbons (Fsp3) is 0.250. The number of halogens is 2. The van der Waals surface area contributed by atoms with E-state index in [2.05, 4.69) is 56.1 Å². The summed E-state index contributed by atoms with van der Waals surface area (Å²) in [5.74, 6) is 0.357. The predicted molar refractivity (Wildman–Crippen MR) is 83.0 cm³/mol. The average molecular weight is 380 g/mol. The van der Waals surface area contributed by atoms with Crippen LogP contribution < -0.4 is 0 Å². The van der Waals surface area contributed by atoms with Gasteiger partial charge in [0, 0.05) is 8.95 Å². The molecule has 1 nitrogen and oxygen atoms in total. The predicted octanol–water partition coefficient (Wildman–Crippen LogP) is 4.84. The first-order valence-corrected chi connectivity index (χ1v) is 8.02. The zero-order chi connectivity index (χ0) is 13.2. The van der Waals surface area contributed by atoms with E-state index in [-0.39, 0.29) is 0 Å². The van der Waals surface area contributed by atoms with E-state index in [0.717, 1.165) is 32.9 Å². The summed E-state index contributed by atoms with van der Waals surface area (Å²) in [4.78, 5) is 0. The largest absolute Gasteiger partial charge is 0.380 e. The van der Waals surface area contributed by atoms with Crippen molar-refractivity contribution < 1.29 is 5.11 Å². The van der Waals surface area contributed by atoms with Crippen LogP contribution in [0.4, 0.5) is 0 Å². The molecule has 0 unspecified atom stereocenters. The maximum atomic E-state index is 11.3. The van der Waals surface area contributed by atoms with Gasteiger partial charge in [-0.05, 0) is 65.3 Å². The van der Waals surface area contributed by atoms with Crippen LogP contribution in [-0.2, 0) is 5.60 Å². The van der Waals surface area contributed by atoms with Crippen LogP contribution in [0.25, 0.3) is 11.1 Å². The van der Waals surface area contributed by atoms with Crippen LogP contribution >= 0.6 is 31.9 Å². The molecule has 19 heavy (non-hydrogen) atoms. The first-order chi connectivity index (χ1) is 9.10. The highest BCUT2D eigenvalue weighted by molar-refractivity contribution is 9.10. The molecule has 0 aliphatic heterocycles. The topological polar surface area (TPSA) is 20.2 Å². The molecule has 0 aromatic heterocycles. The van der Waals surface area contributed by atoms with E-state index in [4.69, 9.17) is 0 Å². The van der Waals surface area contributed by atoms with Crippen LogP contribution in [-0.4, -0.2) is 5.11 Å². The van der Waals surface area contributed by atoms with Gasteiger partial charge in [-0.3, -0.25) is 0 Å². The number of hydrogen-bond acceptors (Lipinski definition) is 1. The molecule has 0 atom stereocenters. The minimum atomic E-state index is -0.807. The van der Waals surface area contributed by atoms with Crippen molar-refractivity contribution in [2.45, 2.75) is 18.4 Å². The van der Waals surface area contributed by atoms with E-state index in [1.165, 1.54) is 11.1 Å². The van der Waals surface area contributed by atoms with Crippen molar-refractivity contribution in [2.75, 3.05) is 0 Å². The molecule has 1 N–H and O–H groups in total.